The lowest BCUT2D eigenvalue weighted by Gasteiger charge is -2.12. The topological polar surface area (TPSA) is 0 Å². The summed E-state index contributed by atoms with van der Waals surface area (Å²) in [7, 11) is 0. The molecule has 0 bridgehead atoms. The molecular formula is C12H20. The first-order valence-electron chi connectivity index (χ1n) is 5.77. The Labute approximate surface area is 75.7 Å². The highest BCUT2D eigenvalue weighted by atomic mass is 14.9. The predicted octanol–water partition coefficient (Wildman–Crippen LogP) is 3.61. The summed E-state index contributed by atoms with van der Waals surface area (Å²) in [4.78, 5) is 0. The first kappa shape index (κ1) is 7.41. The van der Waals surface area contributed by atoms with E-state index in [9.17, 15) is 0 Å². The summed E-state index contributed by atoms with van der Waals surface area (Å²) < 4.78 is 0. The van der Waals surface area contributed by atoms with Gasteiger partial charge in [0.2, 0.25) is 0 Å². The molecule has 0 heteroatoms. The molecule has 68 valence electrons. The third-order valence-corrected chi connectivity index (χ3v) is 5.56. The molecule has 4 unspecified atom stereocenters. The van der Waals surface area contributed by atoms with Crippen molar-refractivity contribution in [2.24, 2.45) is 22.7 Å². The zero-order valence-electron chi connectivity index (χ0n) is 8.40. The summed E-state index contributed by atoms with van der Waals surface area (Å²) in [5.74, 6) is 2.25. The van der Waals surface area contributed by atoms with Crippen molar-refractivity contribution < 1.29 is 0 Å². The molecule has 0 nitrogen and oxygen atoms in total. The van der Waals surface area contributed by atoms with Crippen LogP contribution < -0.4 is 0 Å². The molecule has 0 radical (unpaired) electrons. The van der Waals surface area contributed by atoms with Gasteiger partial charge in [0.05, 0.1) is 0 Å². The maximum atomic E-state index is 2.51. The SMILES string of the molecule is CCC12CCCCC3C(C)C31C2. The molecule has 0 amide bonds. The van der Waals surface area contributed by atoms with Crippen LogP contribution in [0.3, 0.4) is 0 Å². The van der Waals surface area contributed by atoms with Crippen LogP contribution in [-0.4, -0.2) is 0 Å². The fourth-order valence-corrected chi connectivity index (χ4v) is 4.70. The van der Waals surface area contributed by atoms with Crippen molar-refractivity contribution in [2.75, 3.05) is 0 Å². The summed E-state index contributed by atoms with van der Waals surface area (Å²) >= 11 is 0. The van der Waals surface area contributed by atoms with Gasteiger partial charge in [0.25, 0.3) is 0 Å². The fraction of sp³-hybridized carbons (Fsp3) is 1.00. The number of hydrogen-bond donors (Lipinski definition) is 0. The van der Waals surface area contributed by atoms with E-state index in [1.54, 1.807) is 19.3 Å². The van der Waals surface area contributed by atoms with Gasteiger partial charge in [0, 0.05) is 0 Å². The molecule has 1 spiro atoms. The van der Waals surface area contributed by atoms with Crippen LogP contribution in [0.2, 0.25) is 0 Å². The maximum Gasteiger partial charge on any atom is -0.0176 e. The second kappa shape index (κ2) is 1.91. The van der Waals surface area contributed by atoms with Crippen molar-refractivity contribution in [3.63, 3.8) is 0 Å². The molecular weight excluding hydrogens is 144 g/mol. The molecule has 3 rings (SSSR count). The minimum Gasteiger partial charge on any atom is -0.0648 e. The van der Waals surface area contributed by atoms with Gasteiger partial charge < -0.3 is 0 Å². The van der Waals surface area contributed by atoms with E-state index in [0.29, 0.717) is 0 Å². The molecule has 0 saturated heterocycles. The third kappa shape index (κ3) is 0.561. The van der Waals surface area contributed by atoms with Gasteiger partial charge in [-0.2, -0.15) is 0 Å². The van der Waals surface area contributed by atoms with Crippen LogP contribution >= 0.6 is 0 Å². The molecule has 3 saturated carbocycles. The molecule has 0 heterocycles. The van der Waals surface area contributed by atoms with Crippen molar-refractivity contribution in [2.45, 2.75) is 52.4 Å². The first-order chi connectivity index (χ1) is 5.77. The van der Waals surface area contributed by atoms with Crippen LogP contribution in [0, 0.1) is 22.7 Å². The summed E-state index contributed by atoms with van der Waals surface area (Å²) in [6.07, 6.45) is 9.24. The van der Waals surface area contributed by atoms with E-state index < -0.39 is 0 Å². The Bertz CT molecular complexity index is 213. The van der Waals surface area contributed by atoms with Crippen molar-refractivity contribution >= 4 is 0 Å². The van der Waals surface area contributed by atoms with Crippen molar-refractivity contribution in [1.29, 1.82) is 0 Å². The number of hydrogen-bond acceptors (Lipinski definition) is 0. The highest BCUT2D eigenvalue weighted by Gasteiger charge is 2.82. The smallest absolute Gasteiger partial charge is 0.0176 e. The highest BCUT2D eigenvalue weighted by Crippen LogP contribution is 2.88. The van der Waals surface area contributed by atoms with Crippen molar-refractivity contribution in [1.82, 2.24) is 0 Å². The molecule has 4 atom stereocenters. The minimum atomic E-state index is 0.855. The van der Waals surface area contributed by atoms with Crippen molar-refractivity contribution in [3.8, 4) is 0 Å². The Balaban J connectivity index is 1.90. The van der Waals surface area contributed by atoms with E-state index in [1.165, 1.54) is 19.3 Å². The summed E-state index contributed by atoms with van der Waals surface area (Å²) in [6, 6.07) is 0. The molecule has 0 aromatic carbocycles. The van der Waals surface area contributed by atoms with Crippen LogP contribution in [0.5, 0.6) is 0 Å². The lowest BCUT2D eigenvalue weighted by molar-refractivity contribution is 0.377. The van der Waals surface area contributed by atoms with Crippen LogP contribution in [0.4, 0.5) is 0 Å². The molecule has 3 fully saturated rings. The quantitative estimate of drug-likeness (QED) is 0.555. The average Bonchev–Trinajstić information content (AvgIpc) is 2.85. The highest BCUT2D eigenvalue weighted by molar-refractivity contribution is 5.30. The monoisotopic (exact) mass is 164 g/mol. The van der Waals surface area contributed by atoms with Crippen LogP contribution in [0.1, 0.15) is 52.4 Å². The Morgan fingerprint density at radius 2 is 2.17 bits per heavy atom. The van der Waals surface area contributed by atoms with Gasteiger partial charge in [0.15, 0.2) is 0 Å². The molecule has 0 N–H and O–H groups in total. The third-order valence-electron chi connectivity index (χ3n) is 5.56. The molecule has 3 aliphatic carbocycles. The maximum absolute atomic E-state index is 2.51. The van der Waals surface area contributed by atoms with E-state index >= 15 is 0 Å². The van der Waals surface area contributed by atoms with E-state index in [4.69, 9.17) is 0 Å². The number of rotatable bonds is 1. The van der Waals surface area contributed by atoms with E-state index in [-0.39, 0.29) is 0 Å². The standard InChI is InChI=1S/C12H20/c1-3-11-7-5-4-6-10-9(2)12(10,11)8-11/h9-10H,3-8H2,1-2H3. The van der Waals surface area contributed by atoms with Crippen LogP contribution in [0.15, 0.2) is 0 Å². The van der Waals surface area contributed by atoms with Crippen molar-refractivity contribution in [3.05, 3.63) is 0 Å². The first-order valence-corrected chi connectivity index (χ1v) is 5.77. The van der Waals surface area contributed by atoms with Crippen LogP contribution in [0.25, 0.3) is 0 Å². The van der Waals surface area contributed by atoms with E-state index in [1.807, 2.05) is 0 Å². The molecule has 0 aliphatic heterocycles. The van der Waals surface area contributed by atoms with Gasteiger partial charge in [-0.15, -0.1) is 0 Å². The van der Waals surface area contributed by atoms with Gasteiger partial charge in [-0.25, -0.2) is 0 Å². The molecule has 0 aromatic heterocycles. The Hall–Kier alpha value is 0. The predicted molar refractivity (Wildman–Crippen MR) is 50.9 cm³/mol. The Kier molecular flexibility index (Phi) is 1.18. The molecule has 0 aromatic rings. The summed E-state index contributed by atoms with van der Waals surface area (Å²) in [5, 5.41) is 0. The van der Waals surface area contributed by atoms with Gasteiger partial charge in [-0.1, -0.05) is 26.7 Å². The van der Waals surface area contributed by atoms with Gasteiger partial charge >= 0.3 is 0 Å². The zero-order valence-corrected chi connectivity index (χ0v) is 8.40. The van der Waals surface area contributed by atoms with Gasteiger partial charge in [-0.3, -0.25) is 0 Å². The summed E-state index contributed by atoms with van der Waals surface area (Å²) in [6.45, 7) is 4.93. The average molecular weight is 164 g/mol. The zero-order chi connectivity index (χ0) is 8.40. The largest absolute Gasteiger partial charge is 0.0648 e. The fourth-order valence-electron chi connectivity index (χ4n) is 4.70. The Morgan fingerprint density at radius 3 is 2.92 bits per heavy atom. The lowest BCUT2D eigenvalue weighted by Crippen LogP contribution is -2.02. The Morgan fingerprint density at radius 1 is 1.33 bits per heavy atom. The van der Waals surface area contributed by atoms with Gasteiger partial charge in [-0.05, 0) is 48.3 Å². The normalized spacial score (nSPS) is 61.5. The molecule has 12 heavy (non-hydrogen) atoms. The van der Waals surface area contributed by atoms with E-state index in [0.717, 1.165) is 22.7 Å². The summed E-state index contributed by atoms with van der Waals surface area (Å²) in [5.41, 5.74) is 1.76. The van der Waals surface area contributed by atoms with Crippen LogP contribution in [-0.2, 0) is 0 Å². The second-order valence-electron chi connectivity index (χ2n) is 5.49. The minimum absolute atomic E-state index is 0.855. The molecule has 3 aliphatic rings. The lowest BCUT2D eigenvalue weighted by atomic mass is 9.92. The second-order valence-corrected chi connectivity index (χ2v) is 5.49. The van der Waals surface area contributed by atoms with Gasteiger partial charge in [0.1, 0.15) is 0 Å². The van der Waals surface area contributed by atoms with E-state index in [2.05, 4.69) is 13.8 Å².